The molecular formula is C13H15NaO5S. The van der Waals surface area contributed by atoms with Gasteiger partial charge in [0, 0.05) is 16.8 Å². The zero-order valence-corrected chi connectivity index (χ0v) is 14.3. The molecule has 104 valence electrons. The molecule has 2 aliphatic heterocycles. The van der Waals surface area contributed by atoms with Gasteiger partial charge in [-0.15, -0.1) is 11.8 Å². The van der Waals surface area contributed by atoms with E-state index in [1.165, 1.54) is 11.8 Å². The minimum atomic E-state index is -1.28. The van der Waals surface area contributed by atoms with Crippen LogP contribution in [-0.4, -0.2) is 40.9 Å². The molecule has 0 spiro atoms. The van der Waals surface area contributed by atoms with Crippen molar-refractivity contribution in [3.63, 3.8) is 0 Å². The van der Waals surface area contributed by atoms with Gasteiger partial charge >= 0.3 is 29.6 Å². The summed E-state index contributed by atoms with van der Waals surface area (Å²) in [6, 6.07) is 0. The number of hydrogen-bond acceptors (Lipinski definition) is 6. The Hall–Kier alpha value is 0.150. The zero-order valence-electron chi connectivity index (χ0n) is 11.5. The number of carbonyl (C=O) groups is 2. The summed E-state index contributed by atoms with van der Waals surface area (Å²) in [4.78, 5) is 24.0. The predicted octanol–water partition coefficient (Wildman–Crippen LogP) is -3.52. The monoisotopic (exact) mass is 306 g/mol. The van der Waals surface area contributed by atoms with Gasteiger partial charge < -0.3 is 19.7 Å². The van der Waals surface area contributed by atoms with Gasteiger partial charge in [0.15, 0.2) is 0 Å². The van der Waals surface area contributed by atoms with Crippen LogP contribution in [0.15, 0.2) is 10.5 Å². The Labute approximate surface area is 143 Å². The van der Waals surface area contributed by atoms with Crippen LogP contribution in [-0.2, 0) is 14.3 Å². The summed E-state index contributed by atoms with van der Waals surface area (Å²) in [5.41, 5.74) is 0.101. The summed E-state index contributed by atoms with van der Waals surface area (Å²) in [5.74, 6) is -2.54. The number of rotatable bonds is 3. The van der Waals surface area contributed by atoms with E-state index in [1.807, 2.05) is 0 Å². The molecule has 0 aromatic heterocycles. The van der Waals surface area contributed by atoms with Crippen LogP contribution in [0, 0.1) is 11.8 Å². The van der Waals surface area contributed by atoms with Crippen molar-refractivity contribution in [3.8, 4) is 0 Å². The van der Waals surface area contributed by atoms with Crippen LogP contribution < -0.4 is 34.7 Å². The summed E-state index contributed by atoms with van der Waals surface area (Å²) < 4.78 is 5.53. The minimum Gasteiger partial charge on any atom is -0.545 e. The third-order valence-corrected chi connectivity index (χ3v) is 5.69. The maximum atomic E-state index is 12.0. The van der Waals surface area contributed by atoms with Gasteiger partial charge in [-0.25, -0.2) is 0 Å². The number of aliphatic hydroxyl groups excluding tert-OH is 1. The standard InChI is InChI=1S/C13H16O5S.Na/c1-5(14)7-10(15)8-9(13(16)17)11(19-12(7)8)6-3-2-4-18-6;/h5-8,12,14H,2-4H2,1H3,(H,16,17);/q;+1/p-1/t5-,6-,7+,8?,12-;/m1./s1. The van der Waals surface area contributed by atoms with E-state index < -0.39 is 23.9 Å². The molecule has 3 aliphatic rings. The van der Waals surface area contributed by atoms with Crippen LogP contribution in [0.25, 0.3) is 0 Å². The van der Waals surface area contributed by atoms with Crippen LogP contribution >= 0.6 is 11.8 Å². The van der Waals surface area contributed by atoms with E-state index in [1.54, 1.807) is 6.92 Å². The molecule has 1 saturated carbocycles. The fourth-order valence-electron chi connectivity index (χ4n) is 3.20. The van der Waals surface area contributed by atoms with Gasteiger partial charge in [-0.3, -0.25) is 4.79 Å². The van der Waals surface area contributed by atoms with E-state index in [0.717, 1.165) is 12.8 Å². The Balaban J connectivity index is 0.00000147. The number of ether oxygens (including phenoxy) is 1. The first-order valence-corrected chi connectivity index (χ1v) is 7.35. The van der Waals surface area contributed by atoms with Crippen molar-refractivity contribution in [2.75, 3.05) is 6.61 Å². The van der Waals surface area contributed by atoms with Crippen molar-refractivity contribution in [1.82, 2.24) is 0 Å². The van der Waals surface area contributed by atoms with Crippen LogP contribution in [0.1, 0.15) is 19.8 Å². The van der Waals surface area contributed by atoms with Gasteiger partial charge in [0.25, 0.3) is 0 Å². The first-order chi connectivity index (χ1) is 9.02. The molecule has 0 aromatic carbocycles. The Morgan fingerprint density at radius 2 is 2.25 bits per heavy atom. The second-order valence-corrected chi connectivity index (χ2v) is 6.52. The largest absolute Gasteiger partial charge is 1.00 e. The smallest absolute Gasteiger partial charge is 0.545 e. The van der Waals surface area contributed by atoms with E-state index >= 15 is 0 Å². The van der Waals surface area contributed by atoms with Crippen LogP contribution in [0.3, 0.4) is 0 Å². The van der Waals surface area contributed by atoms with Gasteiger partial charge in [0.1, 0.15) is 5.78 Å². The maximum Gasteiger partial charge on any atom is 1.00 e. The number of Topliss-reactive ketones (excluding diaryl/α,β-unsaturated/α-hetero) is 1. The Morgan fingerprint density at radius 1 is 1.55 bits per heavy atom. The number of thioether (sulfide) groups is 1. The molecule has 5 atom stereocenters. The van der Waals surface area contributed by atoms with Crippen molar-refractivity contribution in [2.45, 2.75) is 37.2 Å². The van der Waals surface area contributed by atoms with Crippen molar-refractivity contribution >= 4 is 23.5 Å². The second-order valence-electron chi connectivity index (χ2n) is 5.30. The SMILES string of the molecule is C[C@@H](O)[C@H]1C(=O)C2C(C(=O)[O-])=C([C@H]3CCCO3)S[C@@H]21.[Na+]. The molecule has 2 heterocycles. The van der Waals surface area contributed by atoms with Gasteiger partial charge in [-0.1, -0.05) is 0 Å². The first-order valence-electron chi connectivity index (χ1n) is 6.48. The number of aliphatic hydroxyl groups is 1. The van der Waals surface area contributed by atoms with E-state index in [-0.39, 0.29) is 52.3 Å². The van der Waals surface area contributed by atoms with Crippen molar-refractivity contribution in [3.05, 3.63) is 10.5 Å². The zero-order chi connectivity index (χ0) is 13.7. The number of carbonyl (C=O) groups excluding carboxylic acids is 2. The number of aliphatic carboxylic acids is 1. The molecule has 0 aromatic rings. The summed E-state index contributed by atoms with van der Waals surface area (Å²) >= 11 is 1.39. The minimum absolute atomic E-state index is 0. The van der Waals surface area contributed by atoms with Crippen molar-refractivity contribution < 1.29 is 54.1 Å². The van der Waals surface area contributed by atoms with Crippen LogP contribution in [0.5, 0.6) is 0 Å². The molecule has 1 aliphatic carbocycles. The Kier molecular flexibility index (Phi) is 5.04. The molecule has 1 saturated heterocycles. The third kappa shape index (κ3) is 2.40. The van der Waals surface area contributed by atoms with E-state index in [9.17, 15) is 19.8 Å². The summed E-state index contributed by atoms with van der Waals surface area (Å²) in [6.07, 6.45) is 0.726. The topological polar surface area (TPSA) is 86.7 Å². The number of carboxylic acids is 1. The molecule has 0 amide bonds. The van der Waals surface area contributed by atoms with E-state index in [0.29, 0.717) is 11.5 Å². The molecule has 7 heteroatoms. The van der Waals surface area contributed by atoms with Gasteiger partial charge in [-0.05, 0) is 25.3 Å². The number of hydrogen-bond donors (Lipinski definition) is 1. The first kappa shape index (κ1) is 16.5. The summed E-state index contributed by atoms with van der Waals surface area (Å²) in [7, 11) is 0. The number of fused-ring (bicyclic) bond motifs is 1. The normalized spacial score (nSPS) is 37.2. The second kappa shape index (κ2) is 6.10. The van der Waals surface area contributed by atoms with Crippen LogP contribution in [0.4, 0.5) is 0 Å². The molecule has 1 N–H and O–H groups in total. The van der Waals surface area contributed by atoms with Gasteiger partial charge in [-0.2, -0.15) is 0 Å². The molecule has 5 nitrogen and oxygen atoms in total. The van der Waals surface area contributed by atoms with E-state index in [2.05, 4.69) is 0 Å². The van der Waals surface area contributed by atoms with Crippen molar-refractivity contribution in [2.24, 2.45) is 11.8 Å². The van der Waals surface area contributed by atoms with Crippen molar-refractivity contribution in [1.29, 1.82) is 0 Å². The molecule has 1 unspecified atom stereocenters. The number of carboxylic acid groups (broad SMARTS) is 1. The third-order valence-electron chi connectivity index (χ3n) is 4.12. The maximum absolute atomic E-state index is 12.0. The molecule has 3 rings (SSSR count). The molecule has 20 heavy (non-hydrogen) atoms. The van der Waals surface area contributed by atoms with Gasteiger partial charge in [0.2, 0.25) is 0 Å². The van der Waals surface area contributed by atoms with Gasteiger partial charge in [0.05, 0.1) is 30.0 Å². The summed E-state index contributed by atoms with van der Waals surface area (Å²) in [5, 5.41) is 20.8. The molecule has 0 bridgehead atoms. The summed E-state index contributed by atoms with van der Waals surface area (Å²) in [6.45, 7) is 2.19. The molecule has 0 radical (unpaired) electrons. The molecular weight excluding hydrogens is 291 g/mol. The van der Waals surface area contributed by atoms with Crippen LogP contribution in [0.2, 0.25) is 0 Å². The predicted molar refractivity (Wildman–Crippen MR) is 66.1 cm³/mol. The quantitative estimate of drug-likeness (QED) is 0.544. The average Bonchev–Trinajstić information content (AvgIpc) is 2.92. The fraction of sp³-hybridized carbons (Fsp3) is 0.692. The average molecular weight is 306 g/mol. The van der Waals surface area contributed by atoms with E-state index in [4.69, 9.17) is 4.74 Å². The molecule has 2 fully saturated rings. The number of ketones is 1. The fourth-order valence-corrected chi connectivity index (χ4v) is 5.09. The Bertz CT molecular complexity index is 469. The Morgan fingerprint density at radius 3 is 2.75 bits per heavy atom.